The Morgan fingerprint density at radius 2 is 2.18 bits per heavy atom. The number of H-pyrrole nitrogens is 1. The van der Waals surface area contributed by atoms with Crippen molar-refractivity contribution in [1.82, 2.24) is 20.0 Å². The zero-order valence-electron chi connectivity index (χ0n) is 12.3. The lowest BCUT2D eigenvalue weighted by atomic mass is 10.2. The maximum absolute atomic E-state index is 12.6. The van der Waals surface area contributed by atoms with Crippen LogP contribution in [-0.4, -0.2) is 33.0 Å². The molecule has 1 amide bonds. The van der Waals surface area contributed by atoms with Gasteiger partial charge in [0.15, 0.2) is 5.82 Å². The van der Waals surface area contributed by atoms with Gasteiger partial charge in [-0.15, -0.1) is 0 Å². The molecule has 2 heterocycles. The Labute approximate surface area is 135 Å². The van der Waals surface area contributed by atoms with Crippen LogP contribution in [0.5, 0.6) is 0 Å². The summed E-state index contributed by atoms with van der Waals surface area (Å²) in [5.41, 5.74) is 1.43. The molecule has 114 valence electrons. The molecule has 2 aromatic heterocycles. The molecule has 0 aliphatic carbocycles. The van der Waals surface area contributed by atoms with Gasteiger partial charge in [-0.3, -0.25) is 4.79 Å². The monoisotopic (exact) mass is 362 g/mol. The number of aromatic amines is 1. The van der Waals surface area contributed by atoms with Gasteiger partial charge in [0.05, 0.1) is 4.47 Å². The standard InChI is InChI=1S/C15H15BrN4O2/c1-3-11-18-12(22-19-11)8-20(2)15(21)14-13(16)9-6-4-5-7-10(9)17-14/h4-7,17H,3,8H2,1-2H3. The summed E-state index contributed by atoms with van der Waals surface area (Å²) >= 11 is 3.49. The topological polar surface area (TPSA) is 75.0 Å². The second kappa shape index (κ2) is 5.92. The molecule has 1 aromatic carbocycles. The third kappa shape index (κ3) is 2.64. The zero-order chi connectivity index (χ0) is 15.7. The van der Waals surface area contributed by atoms with Gasteiger partial charge in [-0.2, -0.15) is 4.98 Å². The summed E-state index contributed by atoms with van der Waals surface area (Å²) in [6, 6.07) is 7.75. The quantitative estimate of drug-likeness (QED) is 0.773. The Balaban J connectivity index is 1.83. The van der Waals surface area contributed by atoms with Gasteiger partial charge in [-0.1, -0.05) is 30.3 Å². The summed E-state index contributed by atoms with van der Waals surface area (Å²) in [4.78, 5) is 21.5. The van der Waals surface area contributed by atoms with Crippen molar-refractivity contribution in [3.8, 4) is 0 Å². The van der Waals surface area contributed by atoms with Crippen LogP contribution in [0.2, 0.25) is 0 Å². The lowest BCUT2D eigenvalue weighted by Gasteiger charge is -2.13. The number of amides is 1. The van der Waals surface area contributed by atoms with Crippen LogP contribution in [0.4, 0.5) is 0 Å². The van der Waals surface area contributed by atoms with Crippen molar-refractivity contribution in [2.45, 2.75) is 19.9 Å². The van der Waals surface area contributed by atoms with Crippen LogP contribution in [0, 0.1) is 0 Å². The fraction of sp³-hybridized carbons (Fsp3) is 0.267. The fourth-order valence-corrected chi connectivity index (χ4v) is 2.83. The maximum Gasteiger partial charge on any atom is 0.271 e. The SMILES string of the molecule is CCc1noc(CN(C)C(=O)c2[nH]c3ccccc3c2Br)n1. The van der Waals surface area contributed by atoms with E-state index < -0.39 is 0 Å². The number of aromatic nitrogens is 3. The van der Waals surface area contributed by atoms with E-state index >= 15 is 0 Å². The minimum atomic E-state index is -0.140. The van der Waals surface area contributed by atoms with E-state index in [1.807, 2.05) is 31.2 Å². The second-order valence-corrected chi connectivity index (χ2v) is 5.77. The minimum absolute atomic E-state index is 0.140. The number of hydrogen-bond acceptors (Lipinski definition) is 4. The minimum Gasteiger partial charge on any atom is -0.350 e. The average Bonchev–Trinajstić information content (AvgIpc) is 3.11. The molecule has 7 heteroatoms. The van der Waals surface area contributed by atoms with Crippen LogP contribution < -0.4 is 0 Å². The fourth-order valence-electron chi connectivity index (χ4n) is 2.22. The van der Waals surface area contributed by atoms with E-state index in [1.165, 1.54) is 0 Å². The highest BCUT2D eigenvalue weighted by Crippen LogP contribution is 2.28. The molecule has 0 atom stereocenters. The number of hydrogen-bond donors (Lipinski definition) is 1. The van der Waals surface area contributed by atoms with Gasteiger partial charge >= 0.3 is 0 Å². The molecular formula is C15H15BrN4O2. The summed E-state index contributed by atoms with van der Waals surface area (Å²) in [6.45, 7) is 2.22. The van der Waals surface area contributed by atoms with E-state index in [-0.39, 0.29) is 12.5 Å². The Morgan fingerprint density at radius 3 is 2.86 bits per heavy atom. The predicted octanol–water partition coefficient (Wildman–Crippen LogP) is 3.15. The molecule has 0 spiro atoms. The first kappa shape index (κ1) is 14.8. The predicted molar refractivity (Wildman–Crippen MR) is 85.5 cm³/mol. The van der Waals surface area contributed by atoms with Crippen molar-refractivity contribution in [1.29, 1.82) is 0 Å². The number of carbonyl (C=O) groups is 1. The van der Waals surface area contributed by atoms with Crippen LogP contribution >= 0.6 is 15.9 Å². The van der Waals surface area contributed by atoms with Crippen LogP contribution in [0.25, 0.3) is 10.9 Å². The molecule has 0 saturated heterocycles. The first-order valence-corrected chi connectivity index (χ1v) is 7.72. The number of nitrogens with one attached hydrogen (secondary N) is 1. The van der Waals surface area contributed by atoms with Gasteiger partial charge in [0, 0.05) is 24.4 Å². The van der Waals surface area contributed by atoms with Crippen molar-refractivity contribution in [3.05, 3.63) is 46.1 Å². The molecule has 0 bridgehead atoms. The molecule has 3 rings (SSSR count). The number of carbonyl (C=O) groups excluding carboxylic acids is 1. The van der Waals surface area contributed by atoms with Crippen LogP contribution in [-0.2, 0) is 13.0 Å². The van der Waals surface area contributed by atoms with Crippen LogP contribution in [0.3, 0.4) is 0 Å². The molecule has 0 unspecified atom stereocenters. The lowest BCUT2D eigenvalue weighted by Crippen LogP contribution is -2.27. The van der Waals surface area contributed by atoms with Gasteiger partial charge < -0.3 is 14.4 Å². The highest BCUT2D eigenvalue weighted by Gasteiger charge is 2.21. The van der Waals surface area contributed by atoms with E-state index in [9.17, 15) is 4.79 Å². The van der Waals surface area contributed by atoms with E-state index in [2.05, 4.69) is 31.1 Å². The smallest absolute Gasteiger partial charge is 0.271 e. The third-order valence-electron chi connectivity index (χ3n) is 3.40. The number of nitrogens with zero attached hydrogens (tertiary/aromatic N) is 3. The number of rotatable bonds is 4. The molecule has 0 aliphatic heterocycles. The van der Waals surface area contributed by atoms with Crippen molar-refractivity contribution < 1.29 is 9.32 Å². The first-order chi connectivity index (χ1) is 10.6. The highest BCUT2D eigenvalue weighted by atomic mass is 79.9. The number of aryl methyl sites for hydroxylation is 1. The number of halogens is 1. The van der Waals surface area contributed by atoms with Gasteiger partial charge in [0.1, 0.15) is 12.2 Å². The molecular weight excluding hydrogens is 348 g/mol. The third-order valence-corrected chi connectivity index (χ3v) is 4.23. The molecule has 3 aromatic rings. The van der Waals surface area contributed by atoms with Crippen molar-refractivity contribution >= 4 is 32.7 Å². The Hall–Kier alpha value is -2.15. The summed E-state index contributed by atoms with van der Waals surface area (Å²) in [7, 11) is 1.70. The molecule has 0 fully saturated rings. The number of fused-ring (bicyclic) bond motifs is 1. The van der Waals surface area contributed by atoms with Gasteiger partial charge in [0.2, 0.25) is 5.89 Å². The molecule has 6 nitrogen and oxygen atoms in total. The van der Waals surface area contributed by atoms with E-state index in [0.29, 0.717) is 23.8 Å². The largest absolute Gasteiger partial charge is 0.350 e. The first-order valence-electron chi connectivity index (χ1n) is 6.93. The summed E-state index contributed by atoms with van der Waals surface area (Å²) < 4.78 is 5.89. The number of benzene rings is 1. The van der Waals surface area contributed by atoms with Gasteiger partial charge in [-0.25, -0.2) is 0 Å². The van der Waals surface area contributed by atoms with E-state index in [4.69, 9.17) is 4.52 Å². The lowest BCUT2D eigenvalue weighted by molar-refractivity contribution is 0.0764. The highest BCUT2D eigenvalue weighted by molar-refractivity contribution is 9.10. The van der Waals surface area contributed by atoms with Gasteiger partial charge in [-0.05, 0) is 22.0 Å². The summed E-state index contributed by atoms with van der Waals surface area (Å²) in [5, 5.41) is 4.81. The summed E-state index contributed by atoms with van der Waals surface area (Å²) in [5.74, 6) is 0.932. The second-order valence-electron chi connectivity index (χ2n) is 4.98. The van der Waals surface area contributed by atoms with E-state index in [0.717, 1.165) is 15.4 Å². The van der Waals surface area contributed by atoms with Crippen molar-refractivity contribution in [2.24, 2.45) is 0 Å². The molecule has 0 aliphatic rings. The molecule has 0 saturated carbocycles. The van der Waals surface area contributed by atoms with E-state index in [1.54, 1.807) is 11.9 Å². The Kier molecular flexibility index (Phi) is 3.98. The van der Waals surface area contributed by atoms with Crippen molar-refractivity contribution in [3.63, 3.8) is 0 Å². The zero-order valence-corrected chi connectivity index (χ0v) is 13.8. The Morgan fingerprint density at radius 1 is 1.41 bits per heavy atom. The van der Waals surface area contributed by atoms with Gasteiger partial charge in [0.25, 0.3) is 5.91 Å². The Bertz CT molecular complexity index is 824. The maximum atomic E-state index is 12.6. The van der Waals surface area contributed by atoms with Crippen molar-refractivity contribution in [2.75, 3.05) is 7.05 Å². The normalized spacial score (nSPS) is 11.0. The summed E-state index contributed by atoms with van der Waals surface area (Å²) in [6.07, 6.45) is 0.703. The molecule has 0 radical (unpaired) electrons. The van der Waals surface area contributed by atoms with Crippen LogP contribution in [0.1, 0.15) is 29.1 Å². The van der Waals surface area contributed by atoms with Crippen LogP contribution in [0.15, 0.2) is 33.3 Å². The average molecular weight is 363 g/mol. The molecule has 22 heavy (non-hydrogen) atoms. The molecule has 1 N–H and O–H groups in total. The number of para-hydroxylation sites is 1.